The van der Waals surface area contributed by atoms with Crippen molar-refractivity contribution in [3.05, 3.63) is 22.4 Å². The number of aromatic nitrogens is 5. The summed E-state index contributed by atoms with van der Waals surface area (Å²) in [4.78, 5) is 20.2. The molecule has 0 bridgehead atoms. The van der Waals surface area contributed by atoms with Gasteiger partial charge in [-0.1, -0.05) is 13.8 Å². The average molecular weight is 294 g/mol. The van der Waals surface area contributed by atoms with Crippen LogP contribution >= 0.6 is 11.8 Å². The van der Waals surface area contributed by atoms with Crippen LogP contribution in [0.2, 0.25) is 0 Å². The molecule has 20 heavy (non-hydrogen) atoms. The lowest BCUT2D eigenvalue weighted by Gasteiger charge is -2.14. The molecule has 7 nitrogen and oxygen atoms in total. The molecule has 0 unspecified atom stereocenters. The molecule has 0 saturated carbocycles. The highest BCUT2D eigenvalue weighted by Gasteiger charge is 2.18. The molecule has 2 N–H and O–H groups in total. The number of hydrogen-bond donors (Lipinski definition) is 2. The maximum Gasteiger partial charge on any atom is 0.343 e. The topological polar surface area (TPSA) is 88.5 Å². The van der Waals surface area contributed by atoms with Crippen LogP contribution in [-0.2, 0) is 6.54 Å². The molecular formula is C12H18N6OS. The zero-order valence-corrected chi connectivity index (χ0v) is 12.8. The molecular weight excluding hydrogens is 276 g/mol. The van der Waals surface area contributed by atoms with Gasteiger partial charge in [0.2, 0.25) is 0 Å². The van der Waals surface area contributed by atoms with E-state index in [0.29, 0.717) is 11.7 Å². The van der Waals surface area contributed by atoms with Crippen molar-refractivity contribution in [3.63, 3.8) is 0 Å². The highest BCUT2D eigenvalue weighted by molar-refractivity contribution is 7.99. The van der Waals surface area contributed by atoms with Gasteiger partial charge >= 0.3 is 5.69 Å². The molecule has 2 aromatic rings. The van der Waals surface area contributed by atoms with Crippen LogP contribution < -0.4 is 11.0 Å². The van der Waals surface area contributed by atoms with E-state index >= 15 is 0 Å². The lowest BCUT2D eigenvalue weighted by molar-refractivity contribution is 0.659. The first kappa shape index (κ1) is 14.6. The number of H-pyrrole nitrogens is 1. The largest absolute Gasteiger partial charge is 0.373 e. The van der Waals surface area contributed by atoms with Gasteiger partial charge in [-0.15, -0.1) is 5.10 Å². The SMILES string of the molecule is CCn1c(Sc2ncnc(NC)c2C(C)C)n[nH]c1=O. The van der Waals surface area contributed by atoms with E-state index in [1.165, 1.54) is 18.1 Å². The van der Waals surface area contributed by atoms with Crippen molar-refractivity contribution in [2.75, 3.05) is 12.4 Å². The summed E-state index contributed by atoms with van der Waals surface area (Å²) in [6, 6.07) is 0. The zero-order chi connectivity index (χ0) is 14.7. The summed E-state index contributed by atoms with van der Waals surface area (Å²) >= 11 is 1.37. The third kappa shape index (κ3) is 2.69. The quantitative estimate of drug-likeness (QED) is 0.816. The van der Waals surface area contributed by atoms with Crippen LogP contribution in [0.1, 0.15) is 32.3 Å². The Morgan fingerprint density at radius 3 is 2.80 bits per heavy atom. The van der Waals surface area contributed by atoms with Crippen molar-refractivity contribution in [3.8, 4) is 0 Å². The van der Waals surface area contributed by atoms with Crippen LogP contribution in [0, 0.1) is 0 Å². The van der Waals surface area contributed by atoms with Gasteiger partial charge in [-0.3, -0.25) is 4.57 Å². The maximum atomic E-state index is 11.6. The van der Waals surface area contributed by atoms with E-state index in [4.69, 9.17) is 0 Å². The molecule has 8 heteroatoms. The van der Waals surface area contributed by atoms with Crippen molar-refractivity contribution in [1.82, 2.24) is 24.7 Å². The first-order chi connectivity index (χ1) is 9.58. The van der Waals surface area contributed by atoms with E-state index in [9.17, 15) is 4.79 Å². The van der Waals surface area contributed by atoms with E-state index in [-0.39, 0.29) is 11.6 Å². The number of aromatic amines is 1. The summed E-state index contributed by atoms with van der Waals surface area (Å²) in [7, 11) is 1.83. The Morgan fingerprint density at radius 2 is 2.20 bits per heavy atom. The van der Waals surface area contributed by atoms with Gasteiger partial charge in [0.25, 0.3) is 0 Å². The molecule has 0 radical (unpaired) electrons. The van der Waals surface area contributed by atoms with Crippen LogP contribution in [0.25, 0.3) is 0 Å². The minimum atomic E-state index is -0.205. The molecule has 2 rings (SSSR count). The van der Waals surface area contributed by atoms with Crippen LogP contribution in [0.4, 0.5) is 5.82 Å². The summed E-state index contributed by atoms with van der Waals surface area (Å²) in [5, 5.41) is 11.0. The van der Waals surface area contributed by atoms with Gasteiger partial charge in [0.15, 0.2) is 5.16 Å². The Morgan fingerprint density at radius 1 is 1.45 bits per heavy atom. The molecule has 0 saturated heterocycles. The Hall–Kier alpha value is -1.83. The van der Waals surface area contributed by atoms with Crippen molar-refractivity contribution in [1.29, 1.82) is 0 Å². The van der Waals surface area contributed by atoms with Crippen LogP contribution in [0.5, 0.6) is 0 Å². The Balaban J connectivity index is 2.45. The number of rotatable bonds is 5. The normalized spacial score (nSPS) is 11.1. The first-order valence-corrected chi connectivity index (χ1v) is 7.25. The molecule has 2 aromatic heterocycles. The van der Waals surface area contributed by atoms with Crippen molar-refractivity contribution < 1.29 is 0 Å². The average Bonchev–Trinajstić information content (AvgIpc) is 2.78. The molecule has 0 aromatic carbocycles. The van der Waals surface area contributed by atoms with E-state index in [0.717, 1.165) is 16.4 Å². The van der Waals surface area contributed by atoms with Crippen LogP contribution in [0.15, 0.2) is 21.3 Å². The minimum absolute atomic E-state index is 0.205. The van der Waals surface area contributed by atoms with Gasteiger partial charge in [0, 0.05) is 19.2 Å². The fourth-order valence-corrected chi connectivity index (χ4v) is 3.06. The second-order valence-corrected chi connectivity index (χ2v) is 5.46. The lowest BCUT2D eigenvalue weighted by Crippen LogP contribution is -2.16. The highest BCUT2D eigenvalue weighted by Crippen LogP contribution is 2.33. The molecule has 2 heterocycles. The molecule has 0 amide bonds. The standard InChI is InChI=1S/C12H18N6OS/c1-5-18-11(19)16-17-12(18)20-10-8(7(2)3)9(13-4)14-6-15-10/h6-7H,5H2,1-4H3,(H,16,19)(H,13,14,15). The summed E-state index contributed by atoms with van der Waals surface area (Å²) < 4.78 is 1.58. The second-order valence-electron chi connectivity index (χ2n) is 4.50. The second kappa shape index (κ2) is 6.08. The van der Waals surface area contributed by atoms with Crippen LogP contribution in [-0.4, -0.2) is 31.8 Å². The fourth-order valence-electron chi connectivity index (χ4n) is 1.93. The molecule has 0 aliphatic rings. The summed E-state index contributed by atoms with van der Waals surface area (Å²) in [6.45, 7) is 6.64. The first-order valence-electron chi connectivity index (χ1n) is 6.44. The van der Waals surface area contributed by atoms with Crippen molar-refractivity contribution >= 4 is 17.6 Å². The van der Waals surface area contributed by atoms with Gasteiger partial charge in [-0.05, 0) is 24.6 Å². The predicted molar refractivity (Wildman–Crippen MR) is 78.3 cm³/mol. The number of hydrogen-bond acceptors (Lipinski definition) is 6. The van der Waals surface area contributed by atoms with Crippen molar-refractivity contribution in [2.24, 2.45) is 0 Å². The maximum absolute atomic E-state index is 11.6. The summed E-state index contributed by atoms with van der Waals surface area (Å²) in [5.41, 5.74) is 0.821. The molecule has 0 aliphatic heterocycles. The molecule has 0 spiro atoms. The third-order valence-corrected chi connectivity index (χ3v) is 3.90. The number of nitrogens with zero attached hydrogens (tertiary/aromatic N) is 4. The smallest absolute Gasteiger partial charge is 0.343 e. The molecule has 0 fully saturated rings. The van der Waals surface area contributed by atoms with Crippen molar-refractivity contribution in [2.45, 2.75) is 43.4 Å². The number of anilines is 1. The minimum Gasteiger partial charge on any atom is -0.373 e. The van der Waals surface area contributed by atoms with Gasteiger partial charge in [-0.25, -0.2) is 19.9 Å². The zero-order valence-electron chi connectivity index (χ0n) is 12.0. The van der Waals surface area contributed by atoms with E-state index in [1.807, 2.05) is 14.0 Å². The Bertz CT molecular complexity index is 648. The summed E-state index contributed by atoms with van der Waals surface area (Å²) in [6.07, 6.45) is 1.51. The van der Waals surface area contributed by atoms with E-state index in [2.05, 4.69) is 39.3 Å². The van der Waals surface area contributed by atoms with Gasteiger partial charge in [0.1, 0.15) is 17.2 Å². The van der Waals surface area contributed by atoms with Gasteiger partial charge in [-0.2, -0.15) is 0 Å². The predicted octanol–water partition coefficient (Wildman–Crippen LogP) is 1.70. The van der Waals surface area contributed by atoms with Crippen LogP contribution in [0.3, 0.4) is 0 Å². The monoisotopic (exact) mass is 294 g/mol. The van der Waals surface area contributed by atoms with Gasteiger partial charge in [0.05, 0.1) is 0 Å². The molecule has 0 atom stereocenters. The lowest BCUT2D eigenvalue weighted by atomic mass is 10.1. The Labute approximate surface area is 121 Å². The third-order valence-electron chi connectivity index (χ3n) is 2.89. The summed E-state index contributed by atoms with van der Waals surface area (Å²) in [5.74, 6) is 1.07. The Kier molecular flexibility index (Phi) is 4.43. The number of nitrogens with one attached hydrogen (secondary N) is 2. The molecule has 0 aliphatic carbocycles. The highest BCUT2D eigenvalue weighted by atomic mass is 32.2. The van der Waals surface area contributed by atoms with Gasteiger partial charge < -0.3 is 5.32 Å². The van der Waals surface area contributed by atoms with E-state index in [1.54, 1.807) is 4.57 Å². The molecule has 108 valence electrons. The van der Waals surface area contributed by atoms with E-state index < -0.39 is 0 Å². The fraction of sp³-hybridized carbons (Fsp3) is 0.500.